The summed E-state index contributed by atoms with van der Waals surface area (Å²) in [5.74, 6) is 1.05. The van der Waals surface area contributed by atoms with Gasteiger partial charge in [0.05, 0.1) is 0 Å². The number of hydrogen-bond acceptors (Lipinski definition) is 6. The number of fused-ring (bicyclic) bond motifs is 2. The van der Waals surface area contributed by atoms with E-state index in [9.17, 15) is 4.39 Å². The van der Waals surface area contributed by atoms with Gasteiger partial charge in [0.1, 0.15) is 0 Å². The zero-order valence-corrected chi connectivity index (χ0v) is 21.8. The molecule has 0 spiro atoms. The van der Waals surface area contributed by atoms with Crippen molar-refractivity contribution >= 4 is 63.4 Å². The molecule has 0 fully saturated rings. The van der Waals surface area contributed by atoms with Crippen LogP contribution in [0.2, 0.25) is 5.02 Å². The van der Waals surface area contributed by atoms with E-state index in [-0.39, 0.29) is 19.5 Å². The molecular weight excluding hydrogens is 552 g/mol. The maximum absolute atomic E-state index is 13.6. The van der Waals surface area contributed by atoms with Gasteiger partial charge < -0.3 is 0 Å². The minimum absolute atomic E-state index is 0.0844. The molecule has 1 N–H and O–H groups in total. The Labute approximate surface area is 214 Å². The predicted octanol–water partition coefficient (Wildman–Crippen LogP) is 6.58. The number of methoxy groups -OCH3 is 1. The normalized spacial score (nSPS) is 11.4. The molecule has 174 valence electrons. The van der Waals surface area contributed by atoms with E-state index in [1.807, 2.05) is 36.4 Å². The fourth-order valence-electron chi connectivity index (χ4n) is 3.97. The SMILES string of the molecule is COc1ccc(-c2nnc3sc(-c4[se]c5cccc(Nc6ccc(F)c(Cl)c6)c5c4C)nn23)cc1. The fourth-order valence-corrected chi connectivity index (χ4v) is 7.80. The predicted molar refractivity (Wildman–Crippen MR) is 140 cm³/mol. The van der Waals surface area contributed by atoms with E-state index in [2.05, 4.69) is 28.5 Å². The van der Waals surface area contributed by atoms with Crippen molar-refractivity contribution in [1.82, 2.24) is 19.8 Å². The van der Waals surface area contributed by atoms with Crippen molar-refractivity contribution in [3.05, 3.63) is 77.1 Å². The van der Waals surface area contributed by atoms with Gasteiger partial charge in [-0.1, -0.05) is 0 Å². The van der Waals surface area contributed by atoms with E-state index in [1.54, 1.807) is 23.8 Å². The van der Waals surface area contributed by atoms with E-state index in [0.29, 0.717) is 5.82 Å². The first-order chi connectivity index (χ1) is 17.0. The van der Waals surface area contributed by atoms with Crippen molar-refractivity contribution in [3.63, 3.8) is 0 Å². The van der Waals surface area contributed by atoms with Gasteiger partial charge in [-0.15, -0.1) is 0 Å². The van der Waals surface area contributed by atoms with Crippen molar-refractivity contribution in [2.24, 2.45) is 0 Å². The number of anilines is 2. The standard InChI is InChI=1S/C25H17ClFN5OSSe/c1-13-21-19(28-15-8-11-18(27)17(26)12-15)4-3-5-20(21)35-22(13)24-31-32-23(29-30-25(32)34-24)14-6-9-16(33-2)10-7-14/h3-12,28H,1-2H3. The van der Waals surface area contributed by atoms with Gasteiger partial charge >= 0.3 is 215 Å². The Morgan fingerprint density at radius 1 is 1.09 bits per heavy atom. The average Bonchev–Trinajstić information content (AvgIpc) is 3.55. The van der Waals surface area contributed by atoms with E-state index >= 15 is 0 Å². The molecule has 0 atom stereocenters. The van der Waals surface area contributed by atoms with Gasteiger partial charge in [-0.2, -0.15) is 0 Å². The van der Waals surface area contributed by atoms with Crippen molar-refractivity contribution in [1.29, 1.82) is 0 Å². The molecule has 0 amide bonds. The number of aromatic nitrogens is 4. The van der Waals surface area contributed by atoms with Crippen LogP contribution in [0.1, 0.15) is 5.56 Å². The summed E-state index contributed by atoms with van der Waals surface area (Å²) in [7, 11) is 1.64. The summed E-state index contributed by atoms with van der Waals surface area (Å²) in [6.07, 6.45) is 0. The van der Waals surface area contributed by atoms with Gasteiger partial charge in [0.25, 0.3) is 0 Å². The molecule has 35 heavy (non-hydrogen) atoms. The summed E-state index contributed by atoms with van der Waals surface area (Å²) in [6.45, 7) is 2.12. The van der Waals surface area contributed by atoms with Gasteiger partial charge in [0.2, 0.25) is 0 Å². The average molecular weight is 569 g/mol. The Morgan fingerprint density at radius 3 is 2.69 bits per heavy atom. The molecule has 3 aromatic heterocycles. The molecular formula is C25H17ClFN5OSSe. The van der Waals surface area contributed by atoms with Gasteiger partial charge in [0, 0.05) is 0 Å². The van der Waals surface area contributed by atoms with Crippen LogP contribution in [0.3, 0.4) is 0 Å². The van der Waals surface area contributed by atoms with Crippen LogP contribution < -0.4 is 10.1 Å². The first-order valence-corrected chi connectivity index (χ1v) is 13.5. The molecule has 0 saturated carbocycles. The molecule has 10 heteroatoms. The Kier molecular flexibility index (Phi) is 5.57. The minimum atomic E-state index is -0.436. The Hall–Kier alpha value is -3.23. The zero-order chi connectivity index (χ0) is 24.1. The number of nitrogens with zero attached hydrogens (tertiary/aromatic N) is 4. The number of ether oxygens (including phenoxy) is 1. The van der Waals surface area contributed by atoms with Crippen LogP contribution in [0.5, 0.6) is 5.75 Å². The summed E-state index contributed by atoms with van der Waals surface area (Å²) < 4.78 is 23.2. The molecule has 0 aliphatic heterocycles. The van der Waals surface area contributed by atoms with Crippen molar-refractivity contribution in [2.45, 2.75) is 6.92 Å². The molecule has 0 aliphatic rings. The van der Waals surface area contributed by atoms with Crippen LogP contribution in [0.4, 0.5) is 15.8 Å². The summed E-state index contributed by atoms with van der Waals surface area (Å²) in [5, 5.41) is 19.2. The quantitative estimate of drug-likeness (QED) is 0.238. The first-order valence-electron chi connectivity index (χ1n) is 10.6. The topological polar surface area (TPSA) is 64.3 Å². The first kappa shape index (κ1) is 22.2. The fraction of sp³-hybridized carbons (Fsp3) is 0.0800. The number of rotatable bonds is 5. The second-order valence-corrected chi connectivity index (χ2v) is 11.4. The number of halogens is 2. The summed E-state index contributed by atoms with van der Waals surface area (Å²) >= 11 is 7.60. The molecule has 6 aromatic rings. The van der Waals surface area contributed by atoms with Crippen LogP contribution in [0.25, 0.3) is 35.4 Å². The van der Waals surface area contributed by atoms with Gasteiger partial charge in [0.15, 0.2) is 0 Å². The third kappa shape index (κ3) is 3.90. The molecule has 0 radical (unpaired) electrons. The third-order valence-corrected chi connectivity index (χ3v) is 9.83. The Morgan fingerprint density at radius 2 is 1.91 bits per heavy atom. The molecule has 3 aromatic carbocycles. The molecule has 6 rings (SSSR count). The zero-order valence-electron chi connectivity index (χ0n) is 18.5. The van der Waals surface area contributed by atoms with E-state index in [4.69, 9.17) is 21.4 Å². The molecule has 0 bridgehead atoms. The van der Waals surface area contributed by atoms with Crippen molar-refractivity contribution < 1.29 is 9.13 Å². The Balaban J connectivity index is 1.41. The van der Waals surface area contributed by atoms with Gasteiger partial charge in [-0.3, -0.25) is 0 Å². The van der Waals surface area contributed by atoms with E-state index in [0.717, 1.165) is 38.0 Å². The van der Waals surface area contributed by atoms with Crippen LogP contribution in [-0.4, -0.2) is 41.4 Å². The van der Waals surface area contributed by atoms with Crippen molar-refractivity contribution in [3.8, 4) is 26.6 Å². The molecule has 6 nitrogen and oxygen atoms in total. The Bertz CT molecular complexity index is 1710. The summed E-state index contributed by atoms with van der Waals surface area (Å²) in [5.41, 5.74) is 3.79. The van der Waals surface area contributed by atoms with Crippen molar-refractivity contribution in [2.75, 3.05) is 12.4 Å². The maximum atomic E-state index is 13.6. The molecule has 0 aliphatic carbocycles. The van der Waals surface area contributed by atoms with Crippen LogP contribution in [-0.2, 0) is 0 Å². The van der Waals surface area contributed by atoms with Gasteiger partial charge in [-0.05, 0) is 0 Å². The van der Waals surface area contributed by atoms with Crippen LogP contribution in [0, 0.1) is 12.7 Å². The molecule has 3 heterocycles. The number of aryl methyl sites for hydroxylation is 1. The van der Waals surface area contributed by atoms with Crippen LogP contribution in [0.15, 0.2) is 60.7 Å². The summed E-state index contributed by atoms with van der Waals surface area (Å²) in [6, 6.07) is 18.6. The van der Waals surface area contributed by atoms with Gasteiger partial charge in [-0.25, -0.2) is 0 Å². The molecule has 0 unspecified atom stereocenters. The molecule has 0 saturated heterocycles. The second kappa shape index (κ2) is 8.77. The number of nitrogens with one attached hydrogen (secondary N) is 1. The second-order valence-electron chi connectivity index (χ2n) is 7.84. The van der Waals surface area contributed by atoms with E-state index in [1.165, 1.54) is 31.7 Å². The van der Waals surface area contributed by atoms with E-state index < -0.39 is 5.82 Å². The van der Waals surface area contributed by atoms with Crippen LogP contribution >= 0.6 is 22.9 Å². The monoisotopic (exact) mass is 569 g/mol. The number of hydrogen-bond donors (Lipinski definition) is 1. The third-order valence-electron chi connectivity index (χ3n) is 5.69. The summed E-state index contributed by atoms with van der Waals surface area (Å²) in [4.78, 5) is 0.747. The number of benzene rings is 3.